The lowest BCUT2D eigenvalue weighted by Gasteiger charge is -2.00. The second-order valence-corrected chi connectivity index (χ2v) is 7.13. The summed E-state index contributed by atoms with van der Waals surface area (Å²) in [4.78, 5) is 21.5. The summed E-state index contributed by atoms with van der Waals surface area (Å²) in [6.07, 6.45) is 8.73. The average molecular weight is 405 g/mol. The highest BCUT2D eigenvalue weighted by atomic mass is 16.1. The number of fused-ring (bicyclic) bond motifs is 1. The Morgan fingerprint density at radius 1 is 0.935 bits per heavy atom. The maximum Gasteiger partial charge on any atom is 0.221 e. The molecule has 150 valence electrons. The van der Waals surface area contributed by atoms with Gasteiger partial charge < -0.3 is 4.57 Å². The standard InChI is InChI=1S/C25H19N5O/c1-29-22-10-6-5-9-21(22)27-25(29)23(31)12-11-19-17-30(20-7-3-2-4-8-20)28-24(19)18-13-15-26-16-14-18/h2-17H,1H3/b12-11+. The molecule has 0 aliphatic heterocycles. The Balaban J connectivity index is 1.54. The Kier molecular flexibility index (Phi) is 4.72. The second-order valence-electron chi connectivity index (χ2n) is 7.13. The molecular weight excluding hydrogens is 386 g/mol. The van der Waals surface area contributed by atoms with Crippen LogP contribution in [0.1, 0.15) is 16.2 Å². The molecule has 0 atom stereocenters. The summed E-state index contributed by atoms with van der Waals surface area (Å²) >= 11 is 0. The predicted molar refractivity (Wildman–Crippen MR) is 121 cm³/mol. The fourth-order valence-electron chi connectivity index (χ4n) is 3.56. The molecule has 3 heterocycles. The molecule has 3 aromatic heterocycles. The molecule has 31 heavy (non-hydrogen) atoms. The number of para-hydroxylation sites is 3. The van der Waals surface area contributed by atoms with E-state index >= 15 is 0 Å². The average Bonchev–Trinajstić information content (AvgIpc) is 3.40. The number of carbonyl (C=O) groups is 1. The van der Waals surface area contributed by atoms with Gasteiger partial charge in [-0.15, -0.1) is 0 Å². The van der Waals surface area contributed by atoms with E-state index in [1.807, 2.05) is 89.2 Å². The predicted octanol–water partition coefficient (Wildman–Crippen LogP) is 4.72. The van der Waals surface area contributed by atoms with Crippen LogP contribution in [0.25, 0.3) is 34.1 Å². The zero-order valence-electron chi connectivity index (χ0n) is 16.9. The van der Waals surface area contributed by atoms with Gasteiger partial charge in [0.15, 0.2) is 5.82 Å². The summed E-state index contributed by atoms with van der Waals surface area (Å²) in [6.45, 7) is 0. The summed E-state index contributed by atoms with van der Waals surface area (Å²) in [7, 11) is 1.85. The molecule has 0 N–H and O–H groups in total. The van der Waals surface area contributed by atoms with Gasteiger partial charge in [-0.05, 0) is 48.6 Å². The van der Waals surface area contributed by atoms with E-state index in [0.717, 1.165) is 33.5 Å². The van der Waals surface area contributed by atoms with Gasteiger partial charge in [0.05, 0.1) is 16.7 Å². The number of benzene rings is 2. The maximum atomic E-state index is 12.9. The minimum Gasteiger partial charge on any atom is -0.324 e. The number of nitrogens with zero attached hydrogens (tertiary/aromatic N) is 5. The molecule has 5 aromatic rings. The maximum absolute atomic E-state index is 12.9. The van der Waals surface area contributed by atoms with Crippen molar-refractivity contribution in [2.75, 3.05) is 0 Å². The van der Waals surface area contributed by atoms with Crippen molar-refractivity contribution in [3.63, 3.8) is 0 Å². The Morgan fingerprint density at radius 2 is 1.68 bits per heavy atom. The van der Waals surface area contributed by atoms with Crippen molar-refractivity contribution in [2.45, 2.75) is 0 Å². The van der Waals surface area contributed by atoms with Gasteiger partial charge in [0, 0.05) is 36.8 Å². The number of hydrogen-bond acceptors (Lipinski definition) is 4. The van der Waals surface area contributed by atoms with E-state index in [4.69, 9.17) is 5.10 Å². The number of aryl methyl sites for hydroxylation is 1. The highest BCUT2D eigenvalue weighted by Gasteiger charge is 2.14. The van der Waals surface area contributed by atoms with Gasteiger partial charge in [0.2, 0.25) is 5.78 Å². The summed E-state index contributed by atoms with van der Waals surface area (Å²) in [5, 5.41) is 4.76. The first-order valence-corrected chi connectivity index (χ1v) is 9.90. The number of imidazole rings is 1. The molecule has 0 radical (unpaired) electrons. The zero-order chi connectivity index (χ0) is 21.2. The topological polar surface area (TPSA) is 65.6 Å². The van der Waals surface area contributed by atoms with Gasteiger partial charge in [0.1, 0.15) is 5.69 Å². The van der Waals surface area contributed by atoms with Crippen molar-refractivity contribution in [2.24, 2.45) is 7.05 Å². The van der Waals surface area contributed by atoms with Crippen LogP contribution in [0.4, 0.5) is 0 Å². The van der Waals surface area contributed by atoms with E-state index in [0.29, 0.717) is 5.82 Å². The molecule has 0 saturated heterocycles. The van der Waals surface area contributed by atoms with Crippen molar-refractivity contribution >= 4 is 22.9 Å². The van der Waals surface area contributed by atoms with Gasteiger partial charge in [-0.25, -0.2) is 9.67 Å². The van der Waals surface area contributed by atoms with E-state index in [1.54, 1.807) is 24.5 Å². The minimum absolute atomic E-state index is 0.160. The third-order valence-corrected chi connectivity index (χ3v) is 5.14. The van der Waals surface area contributed by atoms with Crippen molar-refractivity contribution in [3.8, 4) is 16.9 Å². The quantitative estimate of drug-likeness (QED) is 0.314. The Labute approximate surface area is 179 Å². The molecule has 0 spiro atoms. The van der Waals surface area contributed by atoms with Crippen LogP contribution in [-0.4, -0.2) is 30.1 Å². The molecule has 0 aliphatic carbocycles. The smallest absolute Gasteiger partial charge is 0.221 e. The lowest BCUT2D eigenvalue weighted by atomic mass is 10.1. The van der Waals surface area contributed by atoms with Crippen molar-refractivity contribution < 1.29 is 4.79 Å². The number of ketones is 1. The molecule has 2 aromatic carbocycles. The molecule has 0 fully saturated rings. The van der Waals surface area contributed by atoms with Crippen molar-refractivity contribution in [3.05, 3.63) is 103 Å². The summed E-state index contributed by atoms with van der Waals surface area (Å²) < 4.78 is 3.63. The number of hydrogen-bond donors (Lipinski definition) is 0. The molecular formula is C25H19N5O. The summed E-state index contributed by atoms with van der Waals surface area (Å²) in [5.41, 5.74) is 5.21. The zero-order valence-corrected chi connectivity index (χ0v) is 16.9. The minimum atomic E-state index is -0.160. The van der Waals surface area contributed by atoms with Crippen LogP contribution in [0.2, 0.25) is 0 Å². The largest absolute Gasteiger partial charge is 0.324 e. The lowest BCUT2D eigenvalue weighted by molar-refractivity contribution is 0.103. The fraction of sp³-hybridized carbons (Fsp3) is 0.0400. The van der Waals surface area contributed by atoms with Gasteiger partial charge in [0.25, 0.3) is 0 Å². The summed E-state index contributed by atoms with van der Waals surface area (Å²) in [5.74, 6) is 0.241. The first-order valence-electron chi connectivity index (χ1n) is 9.90. The normalized spacial score (nSPS) is 11.4. The summed E-state index contributed by atoms with van der Waals surface area (Å²) in [6, 6.07) is 21.4. The van der Waals surface area contributed by atoms with Gasteiger partial charge >= 0.3 is 0 Å². The van der Waals surface area contributed by atoms with Crippen LogP contribution in [-0.2, 0) is 7.05 Å². The van der Waals surface area contributed by atoms with Crippen LogP contribution in [0.5, 0.6) is 0 Å². The molecule has 0 amide bonds. The number of pyridine rings is 1. The van der Waals surface area contributed by atoms with Crippen LogP contribution < -0.4 is 0 Å². The molecule has 5 rings (SSSR count). The van der Waals surface area contributed by atoms with Gasteiger partial charge in [-0.3, -0.25) is 9.78 Å². The SMILES string of the molecule is Cn1c(C(=O)/C=C/c2cn(-c3ccccc3)nc2-c2ccncc2)nc2ccccc21. The number of rotatable bonds is 5. The highest BCUT2D eigenvalue weighted by molar-refractivity contribution is 6.06. The lowest BCUT2D eigenvalue weighted by Crippen LogP contribution is -2.04. The first kappa shape index (κ1) is 18.7. The molecule has 0 unspecified atom stereocenters. The van der Waals surface area contributed by atoms with Gasteiger partial charge in [-0.1, -0.05) is 30.3 Å². The molecule has 0 saturated carbocycles. The Morgan fingerprint density at radius 3 is 2.45 bits per heavy atom. The molecule has 6 nitrogen and oxygen atoms in total. The highest BCUT2D eigenvalue weighted by Crippen LogP contribution is 2.25. The van der Waals surface area contributed by atoms with Crippen LogP contribution in [0.3, 0.4) is 0 Å². The fourth-order valence-corrected chi connectivity index (χ4v) is 3.56. The monoisotopic (exact) mass is 405 g/mol. The van der Waals surface area contributed by atoms with Crippen LogP contribution in [0, 0.1) is 0 Å². The molecule has 6 heteroatoms. The van der Waals surface area contributed by atoms with Crippen molar-refractivity contribution in [1.82, 2.24) is 24.3 Å². The Bertz CT molecular complexity index is 1400. The van der Waals surface area contributed by atoms with Crippen LogP contribution in [0.15, 0.2) is 91.4 Å². The van der Waals surface area contributed by atoms with Crippen molar-refractivity contribution in [1.29, 1.82) is 0 Å². The number of allylic oxidation sites excluding steroid dienone is 1. The Hall–Kier alpha value is -4.32. The first-order chi connectivity index (χ1) is 15.2. The number of aromatic nitrogens is 5. The molecule has 0 bridgehead atoms. The molecule has 0 aliphatic rings. The van der Waals surface area contributed by atoms with Crippen LogP contribution >= 0.6 is 0 Å². The third kappa shape index (κ3) is 3.55. The van der Waals surface area contributed by atoms with Gasteiger partial charge in [-0.2, -0.15) is 5.10 Å². The third-order valence-electron chi connectivity index (χ3n) is 5.14. The second kappa shape index (κ2) is 7.84. The van der Waals surface area contributed by atoms with E-state index in [-0.39, 0.29) is 5.78 Å². The van der Waals surface area contributed by atoms with E-state index < -0.39 is 0 Å². The van der Waals surface area contributed by atoms with E-state index in [9.17, 15) is 4.79 Å². The van der Waals surface area contributed by atoms with E-state index in [2.05, 4.69) is 9.97 Å². The van der Waals surface area contributed by atoms with E-state index in [1.165, 1.54) is 0 Å². The number of carbonyl (C=O) groups excluding carboxylic acids is 1.